The normalized spacial score (nSPS) is 10.4. The van der Waals surface area contributed by atoms with E-state index >= 15 is 0 Å². The van der Waals surface area contributed by atoms with Crippen LogP contribution in [0, 0.1) is 12.7 Å². The topological polar surface area (TPSA) is 38.3 Å². The SMILES string of the molecule is CCCOCC(=O)Nc1cc(F)c(Br)cc1C. The number of aryl methyl sites for hydroxylation is 1. The summed E-state index contributed by atoms with van der Waals surface area (Å²) in [6, 6.07) is 2.91. The van der Waals surface area contributed by atoms with Gasteiger partial charge in [-0.3, -0.25) is 4.79 Å². The lowest BCUT2D eigenvalue weighted by Gasteiger charge is -2.09. The van der Waals surface area contributed by atoms with Crippen molar-refractivity contribution in [3.05, 3.63) is 28.0 Å². The van der Waals surface area contributed by atoms with Crippen LogP contribution in [-0.2, 0) is 9.53 Å². The van der Waals surface area contributed by atoms with Gasteiger partial charge in [-0.15, -0.1) is 0 Å². The van der Waals surface area contributed by atoms with Gasteiger partial charge in [-0.1, -0.05) is 6.92 Å². The summed E-state index contributed by atoms with van der Waals surface area (Å²) in [4.78, 5) is 11.5. The van der Waals surface area contributed by atoms with Gasteiger partial charge in [0.05, 0.1) is 4.47 Å². The molecule has 0 aliphatic heterocycles. The van der Waals surface area contributed by atoms with Gasteiger partial charge in [0.25, 0.3) is 0 Å². The van der Waals surface area contributed by atoms with Crippen molar-refractivity contribution in [3.8, 4) is 0 Å². The Labute approximate surface area is 108 Å². The maximum atomic E-state index is 13.3. The first kappa shape index (κ1) is 14.1. The molecule has 0 unspecified atom stereocenters. The van der Waals surface area contributed by atoms with E-state index in [1.54, 1.807) is 13.0 Å². The Morgan fingerprint density at radius 1 is 1.53 bits per heavy atom. The highest BCUT2D eigenvalue weighted by atomic mass is 79.9. The van der Waals surface area contributed by atoms with E-state index in [0.717, 1.165) is 12.0 Å². The lowest BCUT2D eigenvalue weighted by atomic mass is 10.2. The number of ether oxygens (including phenoxy) is 1. The first-order valence-corrected chi connectivity index (χ1v) is 6.17. The van der Waals surface area contributed by atoms with E-state index in [9.17, 15) is 9.18 Å². The lowest BCUT2D eigenvalue weighted by Crippen LogP contribution is -2.19. The van der Waals surface area contributed by atoms with Crippen LogP contribution in [0.15, 0.2) is 16.6 Å². The molecule has 0 aliphatic rings. The number of hydrogen-bond acceptors (Lipinski definition) is 2. The standard InChI is InChI=1S/C12H15BrFNO2/c1-3-4-17-7-12(16)15-11-6-10(14)9(13)5-8(11)2/h5-6H,3-4,7H2,1-2H3,(H,15,16). The average Bonchev–Trinajstić information content (AvgIpc) is 2.26. The highest BCUT2D eigenvalue weighted by Gasteiger charge is 2.08. The monoisotopic (exact) mass is 303 g/mol. The largest absolute Gasteiger partial charge is 0.372 e. The van der Waals surface area contributed by atoms with Crippen LogP contribution in [0.5, 0.6) is 0 Å². The van der Waals surface area contributed by atoms with Crippen LogP contribution >= 0.6 is 15.9 Å². The Balaban J connectivity index is 2.62. The van der Waals surface area contributed by atoms with E-state index < -0.39 is 5.82 Å². The van der Waals surface area contributed by atoms with Crippen molar-refractivity contribution in [2.75, 3.05) is 18.5 Å². The Morgan fingerprint density at radius 2 is 2.24 bits per heavy atom. The van der Waals surface area contributed by atoms with Gasteiger partial charge in [0.2, 0.25) is 5.91 Å². The number of nitrogens with one attached hydrogen (secondary N) is 1. The summed E-state index contributed by atoms with van der Waals surface area (Å²) in [6.07, 6.45) is 0.860. The second-order valence-electron chi connectivity index (χ2n) is 3.68. The minimum Gasteiger partial charge on any atom is -0.372 e. The summed E-state index contributed by atoms with van der Waals surface area (Å²) >= 11 is 3.09. The fourth-order valence-electron chi connectivity index (χ4n) is 1.28. The first-order valence-electron chi connectivity index (χ1n) is 5.37. The molecule has 1 amide bonds. The highest BCUT2D eigenvalue weighted by molar-refractivity contribution is 9.10. The van der Waals surface area contributed by atoms with Gasteiger partial charge in [0, 0.05) is 12.3 Å². The van der Waals surface area contributed by atoms with E-state index in [2.05, 4.69) is 21.2 Å². The van der Waals surface area contributed by atoms with E-state index in [1.165, 1.54) is 6.07 Å². The van der Waals surface area contributed by atoms with E-state index in [4.69, 9.17) is 4.74 Å². The molecule has 0 bridgehead atoms. The molecule has 1 aromatic carbocycles. The summed E-state index contributed by atoms with van der Waals surface area (Å²) in [5, 5.41) is 2.61. The van der Waals surface area contributed by atoms with Crippen molar-refractivity contribution >= 4 is 27.5 Å². The predicted molar refractivity (Wildman–Crippen MR) is 68.6 cm³/mol. The lowest BCUT2D eigenvalue weighted by molar-refractivity contribution is -0.120. The maximum absolute atomic E-state index is 13.3. The molecule has 94 valence electrons. The van der Waals surface area contributed by atoms with Crippen molar-refractivity contribution in [1.82, 2.24) is 0 Å². The van der Waals surface area contributed by atoms with Gasteiger partial charge in [-0.25, -0.2) is 4.39 Å². The van der Waals surface area contributed by atoms with Crippen LogP contribution in [0.2, 0.25) is 0 Å². The number of halogens is 2. The molecule has 5 heteroatoms. The molecule has 0 heterocycles. The van der Waals surface area contributed by atoms with Gasteiger partial charge in [0.15, 0.2) is 0 Å². The predicted octanol–water partition coefficient (Wildman–Crippen LogP) is 3.26. The zero-order valence-corrected chi connectivity index (χ0v) is 11.4. The van der Waals surface area contributed by atoms with E-state index in [-0.39, 0.29) is 12.5 Å². The van der Waals surface area contributed by atoms with Crippen molar-refractivity contribution in [1.29, 1.82) is 0 Å². The number of amides is 1. The number of benzene rings is 1. The third-order valence-corrected chi connectivity index (χ3v) is 2.73. The van der Waals surface area contributed by atoms with Gasteiger partial charge in [-0.05, 0) is 47.0 Å². The molecule has 3 nitrogen and oxygen atoms in total. The molecule has 1 aromatic rings. The molecule has 1 rings (SSSR count). The molecule has 0 radical (unpaired) electrons. The third kappa shape index (κ3) is 4.44. The number of anilines is 1. The van der Waals surface area contributed by atoms with Gasteiger partial charge >= 0.3 is 0 Å². The number of rotatable bonds is 5. The van der Waals surface area contributed by atoms with E-state index in [0.29, 0.717) is 16.8 Å². The molecule has 0 spiro atoms. The maximum Gasteiger partial charge on any atom is 0.250 e. The molecule has 0 saturated heterocycles. The number of carbonyl (C=O) groups excluding carboxylic acids is 1. The number of carbonyl (C=O) groups is 1. The molecular formula is C12H15BrFNO2. The average molecular weight is 304 g/mol. The summed E-state index contributed by atoms with van der Waals surface area (Å²) in [6.45, 7) is 4.30. The minimum absolute atomic E-state index is 0.00897. The van der Waals surface area contributed by atoms with Gasteiger partial charge < -0.3 is 10.1 Å². The molecule has 0 fully saturated rings. The zero-order valence-electron chi connectivity index (χ0n) is 9.85. The van der Waals surface area contributed by atoms with Crippen LogP contribution in [-0.4, -0.2) is 19.1 Å². The number of hydrogen-bond donors (Lipinski definition) is 1. The van der Waals surface area contributed by atoms with Gasteiger partial charge in [0.1, 0.15) is 12.4 Å². The quantitative estimate of drug-likeness (QED) is 0.848. The zero-order chi connectivity index (χ0) is 12.8. The molecule has 0 saturated carbocycles. The Kier molecular flexibility index (Phi) is 5.58. The second-order valence-corrected chi connectivity index (χ2v) is 4.54. The van der Waals surface area contributed by atoms with Crippen LogP contribution in [0.4, 0.5) is 10.1 Å². The first-order chi connectivity index (χ1) is 8.04. The highest BCUT2D eigenvalue weighted by Crippen LogP contribution is 2.23. The summed E-state index contributed by atoms with van der Waals surface area (Å²) in [5.74, 6) is -0.677. The van der Waals surface area contributed by atoms with Crippen molar-refractivity contribution in [2.45, 2.75) is 20.3 Å². The fraction of sp³-hybridized carbons (Fsp3) is 0.417. The van der Waals surface area contributed by atoms with Crippen molar-refractivity contribution < 1.29 is 13.9 Å². The molecule has 0 aliphatic carbocycles. The Morgan fingerprint density at radius 3 is 2.88 bits per heavy atom. The fourth-order valence-corrected chi connectivity index (χ4v) is 1.73. The van der Waals surface area contributed by atoms with Crippen molar-refractivity contribution in [2.24, 2.45) is 0 Å². The minimum atomic E-state index is -0.402. The summed E-state index contributed by atoms with van der Waals surface area (Å²) in [5.41, 5.74) is 1.26. The van der Waals surface area contributed by atoms with Crippen LogP contribution in [0.1, 0.15) is 18.9 Å². The Hall–Kier alpha value is -0.940. The van der Waals surface area contributed by atoms with Crippen LogP contribution in [0.3, 0.4) is 0 Å². The second kappa shape index (κ2) is 6.71. The molecular weight excluding hydrogens is 289 g/mol. The molecule has 0 aromatic heterocycles. The third-order valence-electron chi connectivity index (χ3n) is 2.12. The van der Waals surface area contributed by atoms with Crippen molar-refractivity contribution in [3.63, 3.8) is 0 Å². The summed E-state index contributed by atoms with van der Waals surface area (Å²) < 4.78 is 18.8. The molecule has 1 N–H and O–H groups in total. The summed E-state index contributed by atoms with van der Waals surface area (Å²) in [7, 11) is 0. The molecule has 17 heavy (non-hydrogen) atoms. The Bertz CT molecular complexity index is 410. The molecule has 0 atom stereocenters. The smallest absolute Gasteiger partial charge is 0.250 e. The van der Waals surface area contributed by atoms with Crippen LogP contribution < -0.4 is 5.32 Å². The van der Waals surface area contributed by atoms with E-state index in [1.807, 2.05) is 6.92 Å². The van der Waals surface area contributed by atoms with Crippen LogP contribution in [0.25, 0.3) is 0 Å². The van der Waals surface area contributed by atoms with Gasteiger partial charge in [-0.2, -0.15) is 0 Å².